The molecule has 0 aliphatic carbocycles. The minimum absolute atomic E-state index is 0.108. The van der Waals surface area contributed by atoms with Crippen LogP contribution in [0.2, 0.25) is 0 Å². The SMILES string of the molecule is COc1ccc(CN(CC(=O)O)C(=O)CC(=O)c2ccccc2)cc1. The first kappa shape index (κ1) is 18.2. The number of aliphatic carboxylic acids is 1. The predicted molar refractivity (Wildman–Crippen MR) is 91.4 cm³/mol. The molecule has 6 heteroatoms. The highest BCUT2D eigenvalue weighted by Crippen LogP contribution is 2.14. The average Bonchev–Trinajstić information content (AvgIpc) is 2.62. The van der Waals surface area contributed by atoms with Crippen molar-refractivity contribution in [3.8, 4) is 5.75 Å². The van der Waals surface area contributed by atoms with Crippen molar-refractivity contribution in [3.05, 3.63) is 65.7 Å². The van der Waals surface area contributed by atoms with Crippen molar-refractivity contribution in [2.75, 3.05) is 13.7 Å². The van der Waals surface area contributed by atoms with E-state index in [4.69, 9.17) is 9.84 Å². The van der Waals surface area contributed by atoms with E-state index < -0.39 is 18.4 Å². The fourth-order valence-electron chi connectivity index (χ4n) is 2.32. The molecule has 25 heavy (non-hydrogen) atoms. The van der Waals surface area contributed by atoms with Gasteiger partial charge in [0, 0.05) is 12.1 Å². The minimum Gasteiger partial charge on any atom is -0.497 e. The molecule has 0 atom stereocenters. The second-order valence-electron chi connectivity index (χ2n) is 5.46. The van der Waals surface area contributed by atoms with Crippen LogP contribution in [0.25, 0.3) is 0 Å². The lowest BCUT2D eigenvalue weighted by atomic mass is 10.1. The number of amides is 1. The van der Waals surface area contributed by atoms with E-state index in [2.05, 4.69) is 0 Å². The van der Waals surface area contributed by atoms with E-state index in [-0.39, 0.29) is 18.7 Å². The number of hydrogen-bond donors (Lipinski definition) is 1. The Kier molecular flexibility index (Phi) is 6.28. The first-order valence-electron chi connectivity index (χ1n) is 7.70. The molecule has 0 aliphatic heterocycles. The summed E-state index contributed by atoms with van der Waals surface area (Å²) in [5.74, 6) is -1.32. The highest BCUT2D eigenvalue weighted by molar-refractivity contribution is 6.07. The lowest BCUT2D eigenvalue weighted by Crippen LogP contribution is -2.36. The smallest absolute Gasteiger partial charge is 0.323 e. The number of rotatable bonds is 8. The van der Waals surface area contributed by atoms with Crippen molar-refractivity contribution < 1.29 is 24.2 Å². The molecule has 0 saturated carbocycles. The zero-order valence-corrected chi connectivity index (χ0v) is 13.8. The van der Waals surface area contributed by atoms with Crippen LogP contribution in [-0.4, -0.2) is 41.3 Å². The van der Waals surface area contributed by atoms with Gasteiger partial charge in [0.25, 0.3) is 0 Å². The number of carboxylic acids is 1. The van der Waals surface area contributed by atoms with Crippen LogP contribution in [0.1, 0.15) is 22.3 Å². The van der Waals surface area contributed by atoms with Gasteiger partial charge in [0.2, 0.25) is 5.91 Å². The first-order chi connectivity index (χ1) is 12.0. The van der Waals surface area contributed by atoms with Crippen LogP contribution in [0.3, 0.4) is 0 Å². The van der Waals surface area contributed by atoms with E-state index in [1.54, 1.807) is 61.7 Å². The van der Waals surface area contributed by atoms with Crippen LogP contribution >= 0.6 is 0 Å². The number of carbonyl (C=O) groups is 3. The number of ether oxygens (including phenoxy) is 1. The molecule has 1 N–H and O–H groups in total. The largest absolute Gasteiger partial charge is 0.497 e. The molecule has 6 nitrogen and oxygen atoms in total. The Morgan fingerprint density at radius 3 is 2.20 bits per heavy atom. The molecule has 0 spiro atoms. The zero-order valence-electron chi connectivity index (χ0n) is 13.8. The summed E-state index contributed by atoms with van der Waals surface area (Å²) in [7, 11) is 1.55. The van der Waals surface area contributed by atoms with Gasteiger partial charge in [-0.2, -0.15) is 0 Å². The number of hydrogen-bond acceptors (Lipinski definition) is 4. The lowest BCUT2D eigenvalue weighted by Gasteiger charge is -2.20. The summed E-state index contributed by atoms with van der Waals surface area (Å²) in [6.45, 7) is -0.357. The van der Waals surface area contributed by atoms with Gasteiger partial charge in [-0.15, -0.1) is 0 Å². The molecule has 0 radical (unpaired) electrons. The van der Waals surface area contributed by atoms with E-state index in [9.17, 15) is 14.4 Å². The second-order valence-corrected chi connectivity index (χ2v) is 5.46. The molecule has 2 aromatic carbocycles. The third kappa shape index (κ3) is 5.46. The molecular formula is C19H19NO5. The van der Waals surface area contributed by atoms with Crippen LogP contribution in [-0.2, 0) is 16.1 Å². The summed E-state index contributed by atoms with van der Waals surface area (Å²) < 4.78 is 5.07. The normalized spacial score (nSPS) is 10.1. The minimum atomic E-state index is -1.13. The molecule has 0 bridgehead atoms. The summed E-state index contributed by atoms with van der Waals surface area (Å²) in [6, 6.07) is 15.4. The highest BCUT2D eigenvalue weighted by atomic mass is 16.5. The average molecular weight is 341 g/mol. The summed E-state index contributed by atoms with van der Waals surface area (Å²) in [5, 5.41) is 9.05. The number of methoxy groups -OCH3 is 1. The maximum Gasteiger partial charge on any atom is 0.323 e. The maximum absolute atomic E-state index is 12.4. The number of ketones is 1. The third-order valence-electron chi connectivity index (χ3n) is 3.62. The van der Waals surface area contributed by atoms with Crippen LogP contribution in [0.15, 0.2) is 54.6 Å². The second kappa shape index (κ2) is 8.63. The Hall–Kier alpha value is -3.15. The Labute approximate surface area is 145 Å². The molecule has 0 unspecified atom stereocenters. The van der Waals surface area contributed by atoms with Crippen molar-refractivity contribution in [1.82, 2.24) is 4.90 Å². The summed E-state index contributed by atoms with van der Waals surface area (Å²) >= 11 is 0. The van der Waals surface area contributed by atoms with Crippen molar-refractivity contribution in [3.63, 3.8) is 0 Å². The summed E-state index contributed by atoms with van der Waals surface area (Å²) in [5.41, 5.74) is 1.18. The fraction of sp³-hybridized carbons (Fsp3) is 0.211. The Morgan fingerprint density at radius 1 is 1.00 bits per heavy atom. The van der Waals surface area contributed by atoms with Gasteiger partial charge in [0.1, 0.15) is 12.3 Å². The van der Waals surface area contributed by atoms with Crippen LogP contribution in [0.5, 0.6) is 5.75 Å². The predicted octanol–water partition coefficient (Wildman–Crippen LogP) is 2.38. The Morgan fingerprint density at radius 2 is 1.64 bits per heavy atom. The molecule has 0 heterocycles. The fourth-order valence-corrected chi connectivity index (χ4v) is 2.32. The van der Waals surface area contributed by atoms with E-state index in [1.807, 2.05) is 0 Å². The molecule has 130 valence electrons. The van der Waals surface area contributed by atoms with Gasteiger partial charge in [-0.25, -0.2) is 0 Å². The number of Topliss-reactive ketones (excluding diaryl/α,β-unsaturated/α-hetero) is 1. The molecule has 0 saturated heterocycles. The Bertz CT molecular complexity index is 740. The van der Waals surface area contributed by atoms with Crippen molar-refractivity contribution in [2.24, 2.45) is 0 Å². The third-order valence-corrected chi connectivity index (χ3v) is 3.62. The number of carboxylic acid groups (broad SMARTS) is 1. The number of carbonyl (C=O) groups excluding carboxylic acids is 2. The quantitative estimate of drug-likeness (QED) is 0.589. The summed E-state index contributed by atoms with van der Waals surface area (Å²) in [4.78, 5) is 36.8. The monoisotopic (exact) mass is 341 g/mol. The first-order valence-corrected chi connectivity index (χ1v) is 7.70. The zero-order chi connectivity index (χ0) is 18.2. The standard InChI is InChI=1S/C19H19NO5/c1-25-16-9-7-14(8-10-16)12-20(13-19(23)24)18(22)11-17(21)15-5-3-2-4-6-15/h2-10H,11-13H2,1H3,(H,23,24). The molecule has 2 aromatic rings. The maximum atomic E-state index is 12.4. The van der Waals surface area contributed by atoms with Gasteiger partial charge in [-0.05, 0) is 17.7 Å². The van der Waals surface area contributed by atoms with Gasteiger partial charge in [-0.3, -0.25) is 14.4 Å². The molecule has 2 rings (SSSR count). The van der Waals surface area contributed by atoms with Gasteiger partial charge < -0.3 is 14.7 Å². The van der Waals surface area contributed by atoms with E-state index in [0.29, 0.717) is 11.3 Å². The Balaban J connectivity index is 2.08. The van der Waals surface area contributed by atoms with Crippen molar-refractivity contribution >= 4 is 17.7 Å². The van der Waals surface area contributed by atoms with Gasteiger partial charge >= 0.3 is 5.97 Å². The lowest BCUT2D eigenvalue weighted by molar-refractivity contribution is -0.144. The van der Waals surface area contributed by atoms with Crippen LogP contribution in [0.4, 0.5) is 0 Å². The number of nitrogens with zero attached hydrogens (tertiary/aromatic N) is 1. The molecular weight excluding hydrogens is 322 g/mol. The van der Waals surface area contributed by atoms with Gasteiger partial charge in [-0.1, -0.05) is 42.5 Å². The van der Waals surface area contributed by atoms with E-state index >= 15 is 0 Å². The van der Waals surface area contributed by atoms with Crippen molar-refractivity contribution in [2.45, 2.75) is 13.0 Å². The van der Waals surface area contributed by atoms with Crippen molar-refractivity contribution in [1.29, 1.82) is 0 Å². The molecule has 0 aromatic heterocycles. The van der Waals surface area contributed by atoms with Crippen LogP contribution < -0.4 is 4.74 Å². The topological polar surface area (TPSA) is 83.9 Å². The highest BCUT2D eigenvalue weighted by Gasteiger charge is 2.20. The molecule has 0 fully saturated rings. The molecule has 0 aliphatic rings. The van der Waals surface area contributed by atoms with E-state index in [1.165, 1.54) is 0 Å². The molecule has 1 amide bonds. The number of benzene rings is 2. The van der Waals surface area contributed by atoms with E-state index in [0.717, 1.165) is 10.5 Å². The summed E-state index contributed by atoms with van der Waals surface area (Å²) in [6.07, 6.45) is -0.368. The van der Waals surface area contributed by atoms with Crippen LogP contribution in [0, 0.1) is 0 Å². The van der Waals surface area contributed by atoms with Gasteiger partial charge in [0.15, 0.2) is 5.78 Å². The van der Waals surface area contributed by atoms with Gasteiger partial charge in [0.05, 0.1) is 13.5 Å².